The molecule has 0 saturated heterocycles. The normalized spacial score (nSPS) is 12.5. The summed E-state index contributed by atoms with van der Waals surface area (Å²) in [5.41, 5.74) is 0. The highest BCUT2D eigenvalue weighted by Crippen LogP contribution is 2.19. The lowest BCUT2D eigenvalue weighted by Gasteiger charge is -2.36. The molecule has 0 bridgehead atoms. The minimum absolute atomic E-state index is 0.493. The molecule has 0 aromatic heterocycles. The van der Waals surface area contributed by atoms with Gasteiger partial charge in [-0.1, -0.05) is 90.1 Å². The summed E-state index contributed by atoms with van der Waals surface area (Å²) < 4.78 is 75.5. The Bertz CT molecular complexity index is 1140. The molecule has 0 aliphatic carbocycles. The predicted octanol–water partition coefficient (Wildman–Crippen LogP) is 6.74. The lowest BCUT2D eigenvalue weighted by Crippen LogP contribution is -2.70. The van der Waals surface area contributed by atoms with Crippen molar-refractivity contribution < 1.29 is 53.1 Å². The Morgan fingerprint density at radius 1 is 0.259 bits per heavy atom. The second-order valence-electron chi connectivity index (χ2n) is 13.0. The molecule has 336 valence electrons. The summed E-state index contributed by atoms with van der Waals surface area (Å²) in [5, 5.41) is 3.58. The first-order valence-electron chi connectivity index (χ1n) is 22.1. The highest BCUT2D eigenvalue weighted by molar-refractivity contribution is 6.87. The number of hydrogen-bond acceptors (Lipinski definition) is 12. The van der Waals surface area contributed by atoms with Crippen LogP contribution in [0, 0.1) is 0 Å². The molecule has 2 rings (SSSR count). The van der Waals surface area contributed by atoms with Crippen LogP contribution in [0.15, 0.2) is 48.5 Å². The number of rotatable bonds is 34. The molecule has 0 saturated carbocycles. The Balaban J connectivity index is 0.000000593. The van der Waals surface area contributed by atoms with Gasteiger partial charge in [0.2, 0.25) is 0 Å². The highest BCUT2D eigenvalue weighted by Gasteiger charge is 2.55. The monoisotopic (exact) mass is 888 g/mol. The Hall–Kier alpha value is -1.17. The van der Waals surface area contributed by atoms with Crippen LogP contribution in [-0.4, -0.2) is 115 Å². The molecule has 16 heteroatoms. The fourth-order valence-electron chi connectivity index (χ4n) is 6.03. The maximum atomic E-state index is 6.47. The zero-order chi connectivity index (χ0) is 43.2. The molecule has 0 aliphatic rings. The summed E-state index contributed by atoms with van der Waals surface area (Å²) in [5.74, 6) is 0. The summed E-state index contributed by atoms with van der Waals surface area (Å²) in [7, 11) is -12.7. The van der Waals surface area contributed by atoms with E-state index < -0.39 is 35.2 Å². The molecule has 0 radical (unpaired) electrons. The third-order valence-corrected chi connectivity index (χ3v) is 20.6. The smallest absolute Gasteiger partial charge is 0.370 e. The van der Waals surface area contributed by atoms with Crippen molar-refractivity contribution in [2.75, 3.05) is 79.3 Å². The molecule has 0 amide bonds. The van der Waals surface area contributed by atoms with Crippen LogP contribution in [0.5, 0.6) is 0 Å². The van der Waals surface area contributed by atoms with Gasteiger partial charge in [-0.2, -0.15) is 0 Å². The summed E-state index contributed by atoms with van der Waals surface area (Å²) in [6.07, 6.45) is 5.31. The molecular weight excluding hydrogens is 809 g/mol. The maximum Gasteiger partial charge on any atom is 0.537 e. The molecule has 58 heavy (non-hydrogen) atoms. The fraction of sp³-hybridized carbons (Fsp3) is 0.714. The fourth-order valence-corrected chi connectivity index (χ4v) is 18.7. The predicted molar refractivity (Wildman–Crippen MR) is 242 cm³/mol. The zero-order valence-corrected chi connectivity index (χ0v) is 42.2. The SMILES string of the molecule is CCCO[Si](OCCC)(OCCC)c1ccccc1[Si](OCCC)(OCCC)OCCC.CCO[Si](OCC)(OCC)c1ccccc1[Si](OCC)(OCC)OCC. The third-order valence-electron chi connectivity index (χ3n) is 8.16. The highest BCUT2D eigenvalue weighted by atomic mass is 28.4. The van der Waals surface area contributed by atoms with Gasteiger partial charge in [0.15, 0.2) is 0 Å². The van der Waals surface area contributed by atoms with E-state index in [0.717, 1.165) is 59.3 Å². The van der Waals surface area contributed by atoms with Crippen molar-refractivity contribution in [3.8, 4) is 0 Å². The first kappa shape index (κ1) is 54.8. The maximum absolute atomic E-state index is 6.47. The summed E-state index contributed by atoms with van der Waals surface area (Å²) in [6, 6.07) is 16.0. The van der Waals surface area contributed by atoms with Crippen molar-refractivity contribution in [1.82, 2.24) is 0 Å². The lowest BCUT2D eigenvalue weighted by molar-refractivity contribution is 0.0682. The molecule has 12 nitrogen and oxygen atoms in total. The van der Waals surface area contributed by atoms with Crippen LogP contribution < -0.4 is 20.7 Å². The standard InChI is InChI=1S/C24H46O6Si2.C18H34O6Si2/c1-7-17-25-31(26-18-8-2,27-19-9-3)23-15-13-14-16-24(23)32(28-20-10-4,29-21-11-5)30-22-12-6;1-7-19-25(20-8-2,21-9-3)17-15-13-14-16-18(17)26(22-10-4,23-11-5)24-12-6/h13-16H,7-12,17-22H2,1-6H3;13-16H,7-12H2,1-6H3. The van der Waals surface area contributed by atoms with Crippen LogP contribution in [0.3, 0.4) is 0 Å². The molecule has 0 fully saturated rings. The lowest BCUT2D eigenvalue weighted by atomic mass is 10.4. The van der Waals surface area contributed by atoms with E-state index in [4.69, 9.17) is 53.1 Å². The van der Waals surface area contributed by atoms with E-state index in [9.17, 15) is 0 Å². The van der Waals surface area contributed by atoms with Crippen LogP contribution in [-0.2, 0) is 53.1 Å². The van der Waals surface area contributed by atoms with Gasteiger partial charge in [0.1, 0.15) is 0 Å². The van der Waals surface area contributed by atoms with Crippen molar-refractivity contribution in [2.24, 2.45) is 0 Å². The van der Waals surface area contributed by atoms with E-state index in [2.05, 4.69) is 53.7 Å². The number of hydrogen-bond donors (Lipinski definition) is 0. The van der Waals surface area contributed by atoms with E-state index >= 15 is 0 Å². The molecule has 0 heterocycles. The van der Waals surface area contributed by atoms with Crippen molar-refractivity contribution in [1.29, 1.82) is 0 Å². The molecule has 0 N–H and O–H groups in total. The van der Waals surface area contributed by atoms with Gasteiger partial charge in [-0.25, -0.2) is 0 Å². The molecule has 0 unspecified atom stereocenters. The average Bonchev–Trinajstić information content (AvgIpc) is 3.24. The molecule has 2 aromatic rings. The van der Waals surface area contributed by atoms with Gasteiger partial charge in [-0.3, -0.25) is 0 Å². The van der Waals surface area contributed by atoms with E-state index in [0.29, 0.717) is 79.3 Å². The Labute approximate surface area is 357 Å². The number of benzene rings is 2. The van der Waals surface area contributed by atoms with Crippen LogP contribution in [0.25, 0.3) is 0 Å². The summed E-state index contributed by atoms with van der Waals surface area (Å²) in [6.45, 7) is 30.7. The van der Waals surface area contributed by atoms with Gasteiger partial charge in [0.25, 0.3) is 0 Å². The quantitative estimate of drug-likeness (QED) is 0.0695. The van der Waals surface area contributed by atoms with Crippen molar-refractivity contribution in [2.45, 2.75) is 122 Å². The van der Waals surface area contributed by atoms with Crippen molar-refractivity contribution in [3.05, 3.63) is 48.5 Å². The van der Waals surface area contributed by atoms with Crippen LogP contribution in [0.4, 0.5) is 0 Å². The van der Waals surface area contributed by atoms with E-state index in [1.807, 2.05) is 77.9 Å². The molecule has 0 aliphatic heterocycles. The molecule has 2 aromatic carbocycles. The third kappa shape index (κ3) is 16.3. The average molecular weight is 889 g/mol. The van der Waals surface area contributed by atoms with Gasteiger partial charge in [-0.05, 0) is 80.1 Å². The minimum atomic E-state index is -3.21. The molecular formula is C42H80O12Si4. The van der Waals surface area contributed by atoms with Gasteiger partial charge >= 0.3 is 35.2 Å². The minimum Gasteiger partial charge on any atom is -0.370 e. The van der Waals surface area contributed by atoms with E-state index in [1.54, 1.807) is 0 Å². The van der Waals surface area contributed by atoms with Crippen LogP contribution in [0.2, 0.25) is 0 Å². The van der Waals surface area contributed by atoms with Gasteiger partial charge in [-0.15, -0.1) is 0 Å². The second-order valence-corrected chi connectivity index (χ2v) is 23.1. The Morgan fingerprint density at radius 3 is 0.552 bits per heavy atom. The zero-order valence-electron chi connectivity index (χ0n) is 38.2. The van der Waals surface area contributed by atoms with Crippen molar-refractivity contribution >= 4 is 56.0 Å². The molecule has 0 spiro atoms. The van der Waals surface area contributed by atoms with E-state index in [1.165, 1.54) is 0 Å². The first-order valence-corrected chi connectivity index (χ1v) is 29.0. The Morgan fingerprint density at radius 2 is 0.414 bits per heavy atom. The van der Waals surface area contributed by atoms with Crippen LogP contribution in [0.1, 0.15) is 122 Å². The van der Waals surface area contributed by atoms with Crippen LogP contribution >= 0.6 is 0 Å². The van der Waals surface area contributed by atoms with Gasteiger partial charge < -0.3 is 53.1 Å². The largest absolute Gasteiger partial charge is 0.537 e. The molecule has 0 atom stereocenters. The topological polar surface area (TPSA) is 111 Å². The summed E-state index contributed by atoms with van der Waals surface area (Å²) in [4.78, 5) is 0. The second kappa shape index (κ2) is 31.6. The summed E-state index contributed by atoms with van der Waals surface area (Å²) >= 11 is 0. The first-order chi connectivity index (χ1) is 28.2. The van der Waals surface area contributed by atoms with Crippen molar-refractivity contribution in [3.63, 3.8) is 0 Å². The van der Waals surface area contributed by atoms with E-state index in [-0.39, 0.29) is 0 Å². The van der Waals surface area contributed by atoms with Gasteiger partial charge in [0.05, 0.1) is 0 Å². The van der Waals surface area contributed by atoms with Gasteiger partial charge in [0, 0.05) is 100 Å². The Kier molecular flexibility index (Phi) is 29.9.